The van der Waals surface area contributed by atoms with Crippen LogP contribution in [0.2, 0.25) is 0 Å². The lowest BCUT2D eigenvalue weighted by molar-refractivity contribution is 0.228. The fourth-order valence-corrected chi connectivity index (χ4v) is 2.63. The van der Waals surface area contributed by atoms with Crippen molar-refractivity contribution in [1.82, 2.24) is 4.98 Å². The second kappa shape index (κ2) is 8.23. The molecule has 0 fully saturated rings. The van der Waals surface area contributed by atoms with Gasteiger partial charge in [0.15, 0.2) is 0 Å². The zero-order chi connectivity index (χ0) is 15.1. The molecular weight excluding hydrogens is 282 g/mol. The highest BCUT2D eigenvalue weighted by atomic mass is 35.5. The van der Waals surface area contributed by atoms with Gasteiger partial charge in [0.2, 0.25) is 5.88 Å². The van der Waals surface area contributed by atoms with E-state index < -0.39 is 0 Å². The van der Waals surface area contributed by atoms with Crippen molar-refractivity contribution in [3.05, 3.63) is 36.0 Å². The summed E-state index contributed by atoms with van der Waals surface area (Å²) in [6.45, 7) is 5.19. The summed E-state index contributed by atoms with van der Waals surface area (Å²) in [7, 11) is 0. The number of rotatable bonds is 8. The Kier molecular flexibility index (Phi) is 6.31. The zero-order valence-corrected chi connectivity index (χ0v) is 13.7. The molecule has 2 nitrogen and oxygen atoms in total. The highest BCUT2D eigenvalue weighted by molar-refractivity contribution is 6.17. The molecule has 0 aliphatic rings. The number of hydrogen-bond acceptors (Lipinski definition) is 2. The summed E-state index contributed by atoms with van der Waals surface area (Å²) in [6, 6.07) is 10.2. The van der Waals surface area contributed by atoms with Crippen molar-refractivity contribution in [2.24, 2.45) is 5.92 Å². The van der Waals surface area contributed by atoms with Crippen LogP contribution in [0, 0.1) is 5.92 Å². The second-order valence-electron chi connectivity index (χ2n) is 5.50. The Morgan fingerprint density at radius 2 is 2.05 bits per heavy atom. The third-order valence-corrected chi connectivity index (χ3v) is 4.17. The fraction of sp³-hybridized carbons (Fsp3) is 0.500. The number of alkyl halides is 1. The molecule has 1 aromatic heterocycles. The van der Waals surface area contributed by atoms with E-state index in [0.717, 1.165) is 35.4 Å². The number of fused-ring (bicyclic) bond motifs is 1. The molecule has 0 saturated heterocycles. The number of ether oxygens (including phenoxy) is 1. The molecular formula is C18H24ClNO. The van der Waals surface area contributed by atoms with Crippen molar-refractivity contribution in [3.63, 3.8) is 0 Å². The molecule has 2 aromatic rings. The average molecular weight is 306 g/mol. The SMILES string of the molecule is CCCCC(CC)COc1nc(CCl)cc2ccccc12. The molecule has 1 aromatic carbocycles. The van der Waals surface area contributed by atoms with Crippen LogP contribution >= 0.6 is 11.6 Å². The Labute approximate surface area is 132 Å². The van der Waals surface area contributed by atoms with Crippen molar-refractivity contribution in [1.29, 1.82) is 0 Å². The van der Waals surface area contributed by atoms with Gasteiger partial charge in [-0.25, -0.2) is 4.98 Å². The predicted molar refractivity (Wildman–Crippen MR) is 90.1 cm³/mol. The van der Waals surface area contributed by atoms with Crippen LogP contribution < -0.4 is 4.74 Å². The van der Waals surface area contributed by atoms with Gasteiger partial charge in [-0.3, -0.25) is 0 Å². The number of benzene rings is 1. The third-order valence-electron chi connectivity index (χ3n) is 3.89. The molecule has 0 bridgehead atoms. The smallest absolute Gasteiger partial charge is 0.221 e. The van der Waals surface area contributed by atoms with E-state index in [1.165, 1.54) is 19.3 Å². The minimum Gasteiger partial charge on any atom is -0.477 e. The number of aromatic nitrogens is 1. The van der Waals surface area contributed by atoms with Gasteiger partial charge in [-0.2, -0.15) is 0 Å². The van der Waals surface area contributed by atoms with Gasteiger partial charge >= 0.3 is 0 Å². The Hall–Kier alpha value is -1.28. The minimum atomic E-state index is 0.411. The summed E-state index contributed by atoms with van der Waals surface area (Å²) in [4.78, 5) is 4.55. The molecule has 0 aliphatic carbocycles. The van der Waals surface area contributed by atoms with Gasteiger partial charge in [0.05, 0.1) is 18.2 Å². The zero-order valence-electron chi connectivity index (χ0n) is 12.9. The van der Waals surface area contributed by atoms with E-state index in [0.29, 0.717) is 11.8 Å². The summed E-state index contributed by atoms with van der Waals surface area (Å²) in [6.07, 6.45) is 4.87. The van der Waals surface area contributed by atoms with E-state index >= 15 is 0 Å². The Morgan fingerprint density at radius 1 is 1.24 bits per heavy atom. The van der Waals surface area contributed by atoms with E-state index in [1.54, 1.807) is 0 Å². The van der Waals surface area contributed by atoms with Crippen LogP contribution in [0.4, 0.5) is 0 Å². The first-order valence-electron chi connectivity index (χ1n) is 7.85. The maximum atomic E-state index is 6.04. The van der Waals surface area contributed by atoms with E-state index in [-0.39, 0.29) is 0 Å². The predicted octanol–water partition coefficient (Wildman–Crippen LogP) is 5.57. The summed E-state index contributed by atoms with van der Waals surface area (Å²) in [5, 5.41) is 2.21. The normalized spacial score (nSPS) is 12.5. The van der Waals surface area contributed by atoms with Gasteiger partial charge in [0.25, 0.3) is 0 Å². The van der Waals surface area contributed by atoms with E-state index in [9.17, 15) is 0 Å². The van der Waals surface area contributed by atoms with Crippen LogP contribution in [-0.4, -0.2) is 11.6 Å². The number of unbranched alkanes of at least 4 members (excludes halogenated alkanes) is 1. The monoisotopic (exact) mass is 305 g/mol. The summed E-state index contributed by atoms with van der Waals surface area (Å²) < 4.78 is 6.04. The molecule has 21 heavy (non-hydrogen) atoms. The Balaban J connectivity index is 2.16. The fourth-order valence-electron chi connectivity index (χ4n) is 2.49. The first-order valence-corrected chi connectivity index (χ1v) is 8.39. The Bertz CT molecular complexity index is 570. The number of nitrogens with zero attached hydrogens (tertiary/aromatic N) is 1. The largest absolute Gasteiger partial charge is 0.477 e. The van der Waals surface area contributed by atoms with E-state index in [1.807, 2.05) is 18.2 Å². The molecule has 0 amide bonds. The second-order valence-corrected chi connectivity index (χ2v) is 5.77. The van der Waals surface area contributed by atoms with Gasteiger partial charge in [0, 0.05) is 5.39 Å². The van der Waals surface area contributed by atoms with Crippen LogP contribution in [0.25, 0.3) is 10.8 Å². The Morgan fingerprint density at radius 3 is 2.76 bits per heavy atom. The molecule has 3 heteroatoms. The minimum absolute atomic E-state index is 0.411. The molecule has 114 valence electrons. The van der Waals surface area contributed by atoms with Gasteiger partial charge in [0.1, 0.15) is 0 Å². The molecule has 1 atom stereocenters. The quantitative estimate of drug-likeness (QED) is 0.595. The van der Waals surface area contributed by atoms with Crippen molar-refractivity contribution in [3.8, 4) is 5.88 Å². The van der Waals surface area contributed by atoms with Crippen molar-refractivity contribution >= 4 is 22.4 Å². The molecule has 0 spiro atoms. The first-order chi connectivity index (χ1) is 10.3. The lowest BCUT2D eigenvalue weighted by Crippen LogP contribution is -2.12. The van der Waals surface area contributed by atoms with Crippen molar-refractivity contribution in [2.75, 3.05) is 6.61 Å². The van der Waals surface area contributed by atoms with Gasteiger partial charge in [-0.15, -0.1) is 11.6 Å². The van der Waals surface area contributed by atoms with Gasteiger partial charge in [-0.05, 0) is 29.9 Å². The number of hydrogen-bond donors (Lipinski definition) is 0. The van der Waals surface area contributed by atoms with Crippen LogP contribution in [0.3, 0.4) is 0 Å². The standard InChI is InChI=1S/C18H24ClNO/c1-3-5-8-14(4-2)13-21-18-17-10-7-6-9-15(17)11-16(12-19)20-18/h6-7,9-11,14H,3-5,8,12-13H2,1-2H3. The van der Waals surface area contributed by atoms with Crippen molar-refractivity contribution < 1.29 is 4.74 Å². The molecule has 1 unspecified atom stereocenters. The van der Waals surface area contributed by atoms with Crippen LogP contribution in [0.15, 0.2) is 30.3 Å². The lowest BCUT2D eigenvalue weighted by atomic mass is 10.0. The molecule has 2 rings (SSSR count). The van der Waals surface area contributed by atoms with Crippen LogP contribution in [-0.2, 0) is 5.88 Å². The highest BCUT2D eigenvalue weighted by Crippen LogP contribution is 2.26. The van der Waals surface area contributed by atoms with Gasteiger partial charge in [-0.1, -0.05) is 51.3 Å². The molecule has 0 aliphatic heterocycles. The topological polar surface area (TPSA) is 22.1 Å². The van der Waals surface area contributed by atoms with E-state index in [4.69, 9.17) is 16.3 Å². The number of halogens is 1. The van der Waals surface area contributed by atoms with Crippen molar-refractivity contribution in [2.45, 2.75) is 45.4 Å². The maximum absolute atomic E-state index is 6.04. The molecule has 1 heterocycles. The van der Waals surface area contributed by atoms with Crippen LogP contribution in [0.5, 0.6) is 5.88 Å². The van der Waals surface area contributed by atoms with E-state index in [2.05, 4.69) is 31.0 Å². The average Bonchev–Trinajstić information content (AvgIpc) is 2.54. The first kappa shape index (κ1) is 16.1. The number of pyridine rings is 1. The lowest BCUT2D eigenvalue weighted by Gasteiger charge is -2.16. The summed E-state index contributed by atoms with van der Waals surface area (Å²) >= 11 is 5.94. The molecule has 0 saturated carbocycles. The summed E-state index contributed by atoms with van der Waals surface area (Å²) in [5.41, 5.74) is 0.868. The molecule has 0 radical (unpaired) electrons. The summed E-state index contributed by atoms with van der Waals surface area (Å²) in [5.74, 6) is 1.73. The highest BCUT2D eigenvalue weighted by Gasteiger charge is 2.11. The molecule has 0 N–H and O–H groups in total. The maximum Gasteiger partial charge on any atom is 0.221 e. The van der Waals surface area contributed by atoms with Crippen LogP contribution in [0.1, 0.15) is 45.2 Å². The van der Waals surface area contributed by atoms with Gasteiger partial charge < -0.3 is 4.74 Å². The third kappa shape index (κ3) is 4.34.